The van der Waals surface area contributed by atoms with Crippen LogP contribution in [0.25, 0.3) is 4.85 Å². The molecule has 1 aromatic rings. The van der Waals surface area contributed by atoms with Crippen molar-refractivity contribution in [2.45, 2.75) is 19.8 Å². The molecule has 0 bridgehead atoms. The topological polar surface area (TPSA) is 4.36 Å². The smallest absolute Gasteiger partial charge is 0.129 e. The molecular weight excluding hydrogens is 154 g/mol. The van der Waals surface area contributed by atoms with E-state index >= 15 is 0 Å². The molecule has 0 aliphatic heterocycles. The summed E-state index contributed by atoms with van der Waals surface area (Å²) in [4.78, 5) is 5.29. The van der Waals surface area contributed by atoms with Gasteiger partial charge in [-0.1, -0.05) is 11.8 Å². The summed E-state index contributed by atoms with van der Waals surface area (Å²) in [5.74, 6) is 0. The first kappa shape index (κ1) is 8.29. The third-order valence-corrected chi connectivity index (χ3v) is 2.11. The molecule has 58 valence electrons. The van der Waals surface area contributed by atoms with E-state index in [0.717, 1.165) is 11.4 Å². The van der Waals surface area contributed by atoms with Crippen molar-refractivity contribution in [3.8, 4) is 6.07 Å². The molecule has 1 nitrogen and oxygen atoms in total. The van der Waals surface area contributed by atoms with Gasteiger partial charge in [0, 0.05) is 6.42 Å². The number of thiophene rings is 1. The van der Waals surface area contributed by atoms with Crippen LogP contribution in [-0.2, 0) is 0 Å². The number of hydrogen-bond acceptors (Lipinski definition) is 1. The first-order valence-electron chi connectivity index (χ1n) is 3.89. The summed E-state index contributed by atoms with van der Waals surface area (Å²) in [6.07, 6.45) is 2.37. The zero-order valence-electron chi connectivity index (χ0n) is 6.71. The SMILES string of the molecule is CCCC[N+]#Cc1cccs1. The summed E-state index contributed by atoms with van der Waals surface area (Å²) in [6, 6.07) is 7.05. The molecule has 0 saturated carbocycles. The second-order valence-corrected chi connectivity index (χ2v) is 3.27. The Morgan fingerprint density at radius 1 is 1.64 bits per heavy atom. The Balaban J connectivity index is 2.33. The zero-order valence-corrected chi connectivity index (χ0v) is 7.53. The fraction of sp³-hybridized carbons (Fsp3) is 0.444. The van der Waals surface area contributed by atoms with Crippen molar-refractivity contribution in [1.29, 1.82) is 0 Å². The van der Waals surface area contributed by atoms with E-state index in [4.69, 9.17) is 0 Å². The van der Waals surface area contributed by atoms with E-state index < -0.39 is 0 Å². The summed E-state index contributed by atoms with van der Waals surface area (Å²) < 4.78 is 0. The Labute approximate surface area is 71.5 Å². The maximum atomic E-state index is 4.16. The third-order valence-electron chi connectivity index (χ3n) is 1.33. The van der Waals surface area contributed by atoms with Gasteiger partial charge in [0.25, 0.3) is 6.54 Å². The van der Waals surface area contributed by atoms with Crippen LogP contribution in [0.1, 0.15) is 24.6 Å². The molecule has 0 N–H and O–H groups in total. The summed E-state index contributed by atoms with van der Waals surface area (Å²) >= 11 is 1.68. The van der Waals surface area contributed by atoms with Gasteiger partial charge in [-0.15, -0.1) is 11.3 Å². The van der Waals surface area contributed by atoms with E-state index in [0.29, 0.717) is 0 Å². The predicted molar refractivity (Wildman–Crippen MR) is 50.4 cm³/mol. The first-order chi connectivity index (χ1) is 5.43. The minimum atomic E-state index is 0.911. The van der Waals surface area contributed by atoms with Crippen LogP contribution >= 0.6 is 11.3 Å². The molecule has 0 aliphatic carbocycles. The highest BCUT2D eigenvalue weighted by Gasteiger charge is 1.93. The lowest BCUT2D eigenvalue weighted by molar-refractivity contribution is 0.859. The molecule has 11 heavy (non-hydrogen) atoms. The second-order valence-electron chi connectivity index (χ2n) is 2.32. The maximum Gasteiger partial charge on any atom is 0.322 e. The number of hydrogen-bond donors (Lipinski definition) is 0. The third kappa shape index (κ3) is 3.20. The lowest BCUT2D eigenvalue weighted by Crippen LogP contribution is -1.72. The molecule has 0 saturated heterocycles. The van der Waals surface area contributed by atoms with Crippen molar-refractivity contribution in [2.75, 3.05) is 6.54 Å². The van der Waals surface area contributed by atoms with Gasteiger partial charge < -0.3 is 0 Å². The highest BCUT2D eigenvalue weighted by Crippen LogP contribution is 2.05. The van der Waals surface area contributed by atoms with Gasteiger partial charge in [-0.05, 0) is 23.9 Å². The van der Waals surface area contributed by atoms with Crippen LogP contribution in [0.15, 0.2) is 17.5 Å². The Hall–Kier alpha value is -0.810. The van der Waals surface area contributed by atoms with Gasteiger partial charge in [-0.3, -0.25) is 0 Å². The Morgan fingerprint density at radius 2 is 2.55 bits per heavy atom. The molecule has 1 aromatic heterocycles. The van der Waals surface area contributed by atoms with Crippen molar-refractivity contribution in [1.82, 2.24) is 0 Å². The predicted octanol–water partition coefficient (Wildman–Crippen LogP) is 3.23. The lowest BCUT2D eigenvalue weighted by Gasteiger charge is -1.73. The second kappa shape index (κ2) is 4.92. The summed E-state index contributed by atoms with van der Waals surface area (Å²) in [5, 5.41) is 2.04. The van der Waals surface area contributed by atoms with Crippen molar-refractivity contribution in [3.63, 3.8) is 0 Å². The number of unbranched alkanes of at least 4 members (excludes halogenated alkanes) is 1. The maximum absolute atomic E-state index is 4.16. The van der Waals surface area contributed by atoms with E-state index in [1.165, 1.54) is 12.8 Å². The van der Waals surface area contributed by atoms with Crippen molar-refractivity contribution < 1.29 is 0 Å². The van der Waals surface area contributed by atoms with Crippen molar-refractivity contribution >= 4 is 11.3 Å². The highest BCUT2D eigenvalue weighted by atomic mass is 32.1. The monoisotopic (exact) mass is 166 g/mol. The first-order valence-corrected chi connectivity index (χ1v) is 4.77. The van der Waals surface area contributed by atoms with E-state index in [1.54, 1.807) is 11.3 Å². The molecule has 0 unspecified atom stereocenters. The minimum absolute atomic E-state index is 0.911. The van der Waals surface area contributed by atoms with E-state index in [1.807, 2.05) is 17.5 Å². The molecule has 0 atom stereocenters. The van der Waals surface area contributed by atoms with Gasteiger partial charge in [0.2, 0.25) is 0 Å². The zero-order chi connectivity index (χ0) is 7.94. The van der Waals surface area contributed by atoms with Gasteiger partial charge in [0.1, 0.15) is 0 Å². The van der Waals surface area contributed by atoms with Gasteiger partial charge in [0.15, 0.2) is 4.88 Å². The number of nitrogens with zero attached hydrogens (tertiary/aromatic N) is 1. The Kier molecular flexibility index (Phi) is 3.71. The minimum Gasteiger partial charge on any atom is -0.129 e. The number of rotatable bonds is 2. The van der Waals surface area contributed by atoms with Crippen LogP contribution in [0.3, 0.4) is 0 Å². The van der Waals surface area contributed by atoms with E-state index in [-0.39, 0.29) is 0 Å². The Morgan fingerprint density at radius 3 is 3.18 bits per heavy atom. The molecule has 0 aromatic carbocycles. The normalized spacial score (nSPS) is 8.82. The fourth-order valence-electron chi connectivity index (χ4n) is 0.713. The average molecular weight is 166 g/mol. The summed E-state index contributed by atoms with van der Waals surface area (Å²) in [7, 11) is 0. The molecule has 0 fully saturated rings. The van der Waals surface area contributed by atoms with Gasteiger partial charge in [-0.25, -0.2) is 0 Å². The van der Waals surface area contributed by atoms with Crippen LogP contribution in [0.4, 0.5) is 0 Å². The average Bonchev–Trinajstić information content (AvgIpc) is 2.50. The molecule has 0 aliphatic rings. The highest BCUT2D eigenvalue weighted by molar-refractivity contribution is 7.10. The molecular formula is C9H12NS+. The van der Waals surface area contributed by atoms with Gasteiger partial charge in [0.05, 0.1) is 0 Å². The van der Waals surface area contributed by atoms with E-state index in [2.05, 4.69) is 17.8 Å². The van der Waals surface area contributed by atoms with Crippen LogP contribution < -0.4 is 0 Å². The summed E-state index contributed by atoms with van der Waals surface area (Å²) in [6.45, 7) is 3.08. The standard InChI is InChI=1S/C9H12NS/c1-2-3-6-10-8-9-5-4-7-11-9/h4-5,7H,2-3,6H2,1H3/q+1. The van der Waals surface area contributed by atoms with Crippen LogP contribution in [0.2, 0.25) is 0 Å². The molecule has 0 spiro atoms. The van der Waals surface area contributed by atoms with Crippen LogP contribution in [-0.4, -0.2) is 6.54 Å². The van der Waals surface area contributed by atoms with Crippen LogP contribution in [0, 0.1) is 6.07 Å². The van der Waals surface area contributed by atoms with Gasteiger partial charge in [-0.2, -0.15) is 0 Å². The fourth-order valence-corrected chi connectivity index (χ4v) is 1.29. The van der Waals surface area contributed by atoms with Gasteiger partial charge >= 0.3 is 6.07 Å². The van der Waals surface area contributed by atoms with Crippen molar-refractivity contribution in [2.24, 2.45) is 0 Å². The molecule has 1 rings (SSSR count). The quantitative estimate of drug-likeness (QED) is 0.594. The van der Waals surface area contributed by atoms with E-state index in [9.17, 15) is 0 Å². The molecule has 1 heterocycles. The summed E-state index contributed by atoms with van der Waals surface area (Å²) in [5.41, 5.74) is 0. The largest absolute Gasteiger partial charge is 0.322 e. The lowest BCUT2D eigenvalue weighted by atomic mass is 10.3. The van der Waals surface area contributed by atoms with Crippen LogP contribution in [0.5, 0.6) is 0 Å². The van der Waals surface area contributed by atoms with Crippen molar-refractivity contribution in [3.05, 3.63) is 27.2 Å². The molecule has 0 radical (unpaired) electrons. The molecule has 0 amide bonds. The molecule has 2 heteroatoms. The Bertz CT molecular complexity index is 240.